The van der Waals surface area contributed by atoms with Crippen LogP contribution >= 0.6 is 0 Å². The highest BCUT2D eigenvalue weighted by molar-refractivity contribution is 5.81. The predicted molar refractivity (Wildman–Crippen MR) is 172 cm³/mol. The molecule has 1 fully saturated rings. The van der Waals surface area contributed by atoms with Crippen LogP contribution in [0, 0.1) is 29.4 Å². The first-order valence-corrected chi connectivity index (χ1v) is 15.9. The van der Waals surface area contributed by atoms with E-state index in [9.17, 15) is 27.5 Å². The third kappa shape index (κ3) is 6.37. The maximum Gasteiger partial charge on any atom is 0.293 e. The molecule has 0 spiro atoms. The van der Waals surface area contributed by atoms with Gasteiger partial charge in [0.15, 0.2) is 5.65 Å². The lowest BCUT2D eigenvalue weighted by atomic mass is 9.95. The lowest BCUT2D eigenvalue weighted by Gasteiger charge is -2.23. The van der Waals surface area contributed by atoms with Gasteiger partial charge in [0.2, 0.25) is 11.9 Å². The molecule has 10 nitrogen and oxygen atoms in total. The van der Waals surface area contributed by atoms with Crippen LogP contribution in [0.25, 0.3) is 16.8 Å². The van der Waals surface area contributed by atoms with Crippen LogP contribution in [-0.2, 0) is 23.7 Å². The van der Waals surface area contributed by atoms with Crippen molar-refractivity contribution in [3.63, 3.8) is 0 Å². The van der Waals surface area contributed by atoms with E-state index >= 15 is 8.78 Å². The zero-order chi connectivity index (χ0) is 36.4. The number of carbonyl (C=O) groups is 1. The van der Waals surface area contributed by atoms with Gasteiger partial charge in [0, 0.05) is 41.9 Å². The number of aromatic nitrogens is 6. The number of rotatable bonds is 9. The fourth-order valence-corrected chi connectivity index (χ4v) is 6.69. The van der Waals surface area contributed by atoms with Crippen molar-refractivity contribution >= 4 is 17.5 Å². The molecule has 51 heavy (non-hydrogen) atoms. The Morgan fingerprint density at radius 1 is 1.10 bits per heavy atom. The van der Waals surface area contributed by atoms with E-state index in [1.807, 2.05) is 0 Å². The molecule has 2 aliphatic carbocycles. The molecule has 1 aromatic carbocycles. The second-order valence-electron chi connectivity index (χ2n) is 13.1. The van der Waals surface area contributed by atoms with E-state index in [2.05, 4.69) is 37.8 Å². The van der Waals surface area contributed by atoms with E-state index in [0.717, 1.165) is 12.1 Å². The maximum atomic E-state index is 15.3. The summed E-state index contributed by atoms with van der Waals surface area (Å²) in [6, 6.07) is 8.29. The summed E-state index contributed by atoms with van der Waals surface area (Å²) in [4.78, 5) is 18.5. The van der Waals surface area contributed by atoms with E-state index in [-0.39, 0.29) is 35.4 Å². The molecule has 1 saturated carbocycles. The summed E-state index contributed by atoms with van der Waals surface area (Å²) in [5, 5.41) is 28.1. The Balaban J connectivity index is 1.34. The number of nitrogens with zero attached hydrogens (tertiary/aromatic N) is 6. The number of halogens is 6. The topological polar surface area (TPSA) is 122 Å². The molecule has 2 aliphatic rings. The van der Waals surface area contributed by atoms with Crippen LogP contribution in [0.15, 0.2) is 48.7 Å². The van der Waals surface area contributed by atoms with Gasteiger partial charge in [0.1, 0.15) is 40.9 Å². The number of alkyl halides is 4. The summed E-state index contributed by atoms with van der Waals surface area (Å²) in [5.41, 5.74) is -1.41. The molecule has 3 atom stereocenters. The summed E-state index contributed by atoms with van der Waals surface area (Å²) in [6.45, 7) is 2.10. The number of anilines is 1. The van der Waals surface area contributed by atoms with Crippen LogP contribution in [0.1, 0.15) is 72.6 Å². The van der Waals surface area contributed by atoms with Crippen molar-refractivity contribution < 1.29 is 36.2 Å². The fraction of sp³-hybridized carbons (Fsp3) is 0.343. The molecule has 7 rings (SSSR count). The van der Waals surface area contributed by atoms with E-state index in [1.165, 1.54) is 13.8 Å². The SMILES string of the molecule is CNc1nnc2c(-c3ccc(C#CC(C)(C)O)nc3[C@H](Cc3cc(F)cc(F)c3)NC(=O)Cn3nc(C(F)F)c4c3C(F)(F)C3C[C@H]43)cccn12. The number of carbonyl (C=O) groups excluding carboxylic acids is 1. The van der Waals surface area contributed by atoms with Crippen molar-refractivity contribution in [2.45, 2.75) is 63.1 Å². The molecule has 0 saturated heterocycles. The third-order valence-electron chi connectivity index (χ3n) is 8.86. The molecule has 0 radical (unpaired) electrons. The predicted octanol–water partition coefficient (Wildman–Crippen LogP) is 5.68. The van der Waals surface area contributed by atoms with Crippen molar-refractivity contribution in [2.75, 3.05) is 12.4 Å². The number of hydrogen-bond donors (Lipinski definition) is 3. The van der Waals surface area contributed by atoms with Crippen LogP contribution in [0.4, 0.5) is 32.3 Å². The van der Waals surface area contributed by atoms with Crippen molar-refractivity contribution in [2.24, 2.45) is 5.92 Å². The lowest BCUT2D eigenvalue weighted by Crippen LogP contribution is -2.35. The van der Waals surface area contributed by atoms with Crippen LogP contribution in [-0.4, -0.2) is 53.0 Å². The van der Waals surface area contributed by atoms with Crippen LogP contribution in [0.5, 0.6) is 0 Å². The van der Waals surface area contributed by atoms with Crippen LogP contribution in [0.2, 0.25) is 0 Å². The van der Waals surface area contributed by atoms with Gasteiger partial charge in [-0.1, -0.05) is 5.92 Å². The van der Waals surface area contributed by atoms with E-state index < -0.39 is 71.3 Å². The summed E-state index contributed by atoms with van der Waals surface area (Å²) in [6.07, 6.45) is -1.61. The highest BCUT2D eigenvalue weighted by atomic mass is 19.3. The number of nitrogens with one attached hydrogen (secondary N) is 2. The Hall–Kier alpha value is -5.43. The summed E-state index contributed by atoms with van der Waals surface area (Å²) in [5.74, 6) is -2.13. The molecular formula is C35H30F6N8O2. The standard InChI is InChI=1S/C35H30F6N8O2/c1-34(2,51)9-8-20-6-7-21(22-5-4-10-48-32(22)45-46-33(48)42-3)28(43-20)25(13-17-11-18(36)14-19(37)12-17)44-26(50)16-49-30-27(29(47-49)31(38)39)23-15-24(23)35(30,40)41/h4-7,10-12,14,23-25,31,51H,13,15-16H2,1-3H3,(H,42,46)(H,44,50)/t23-,24?,25-/m0/s1. The molecule has 3 N–H and O–H groups in total. The van der Waals surface area contributed by atoms with Crippen LogP contribution in [0.3, 0.4) is 0 Å². The van der Waals surface area contributed by atoms with Gasteiger partial charge in [-0.25, -0.2) is 22.5 Å². The smallest absolute Gasteiger partial charge is 0.293 e. The minimum atomic E-state index is -3.45. The minimum absolute atomic E-state index is 0.0552. The Kier molecular flexibility index (Phi) is 8.28. The molecule has 264 valence electrons. The maximum absolute atomic E-state index is 15.3. The molecule has 16 heteroatoms. The Morgan fingerprint density at radius 3 is 2.53 bits per heavy atom. The van der Waals surface area contributed by atoms with Crippen molar-refractivity contribution in [3.8, 4) is 23.0 Å². The number of hydrogen-bond acceptors (Lipinski definition) is 7. The van der Waals surface area contributed by atoms with Gasteiger partial charge in [0.25, 0.3) is 12.3 Å². The number of pyridine rings is 2. The highest BCUT2D eigenvalue weighted by Crippen LogP contribution is 2.68. The molecule has 4 heterocycles. The number of amides is 1. The summed E-state index contributed by atoms with van der Waals surface area (Å²) in [7, 11) is 1.66. The normalized spacial score (nSPS) is 17.9. The van der Waals surface area contributed by atoms with Crippen molar-refractivity contribution in [1.29, 1.82) is 0 Å². The van der Waals surface area contributed by atoms with E-state index in [0.29, 0.717) is 33.5 Å². The first-order chi connectivity index (χ1) is 24.1. The summed E-state index contributed by atoms with van der Waals surface area (Å²) >= 11 is 0. The average molecular weight is 709 g/mol. The van der Waals surface area contributed by atoms with Gasteiger partial charge >= 0.3 is 0 Å². The van der Waals surface area contributed by atoms with Gasteiger partial charge < -0.3 is 15.7 Å². The number of benzene rings is 1. The minimum Gasteiger partial charge on any atom is -0.378 e. The first kappa shape index (κ1) is 34.0. The molecule has 0 aliphatic heterocycles. The fourth-order valence-electron chi connectivity index (χ4n) is 6.69. The zero-order valence-corrected chi connectivity index (χ0v) is 27.4. The van der Waals surface area contributed by atoms with Gasteiger partial charge in [-0.05, 0) is 80.5 Å². The third-order valence-corrected chi connectivity index (χ3v) is 8.86. The molecule has 0 bridgehead atoms. The zero-order valence-electron chi connectivity index (χ0n) is 27.4. The largest absolute Gasteiger partial charge is 0.378 e. The molecule has 1 unspecified atom stereocenters. The Bertz CT molecular complexity index is 2230. The highest BCUT2D eigenvalue weighted by Gasteiger charge is 2.67. The number of fused-ring (bicyclic) bond motifs is 4. The monoisotopic (exact) mass is 708 g/mol. The van der Waals surface area contributed by atoms with Gasteiger partial charge in [-0.2, -0.15) is 13.9 Å². The molecular weight excluding hydrogens is 678 g/mol. The quantitative estimate of drug-likeness (QED) is 0.133. The summed E-state index contributed by atoms with van der Waals surface area (Å²) < 4.78 is 89.5. The first-order valence-electron chi connectivity index (χ1n) is 15.9. The van der Waals surface area contributed by atoms with Gasteiger partial charge in [0.05, 0.1) is 11.7 Å². The molecule has 5 aromatic rings. The molecule has 1 amide bonds. The second kappa shape index (κ2) is 12.4. The Morgan fingerprint density at radius 2 is 1.84 bits per heavy atom. The van der Waals surface area contributed by atoms with E-state index in [4.69, 9.17) is 4.98 Å². The lowest BCUT2D eigenvalue weighted by molar-refractivity contribution is -0.123. The van der Waals surface area contributed by atoms with Crippen molar-refractivity contribution in [1.82, 2.24) is 34.7 Å². The second-order valence-corrected chi connectivity index (χ2v) is 13.1. The van der Waals surface area contributed by atoms with Crippen LogP contribution < -0.4 is 10.6 Å². The number of aliphatic hydroxyl groups is 1. The molecule has 4 aromatic heterocycles. The Labute approximate surface area is 286 Å². The van der Waals surface area contributed by atoms with Gasteiger partial charge in [-0.15, -0.1) is 10.2 Å². The van der Waals surface area contributed by atoms with E-state index in [1.54, 1.807) is 41.9 Å². The average Bonchev–Trinajstić information content (AvgIpc) is 3.51. The van der Waals surface area contributed by atoms with Gasteiger partial charge in [-0.3, -0.25) is 13.9 Å². The van der Waals surface area contributed by atoms with Crippen molar-refractivity contribution in [3.05, 3.63) is 94.2 Å².